The molecule has 62 valence electrons. The zero-order chi connectivity index (χ0) is 8.74. The van der Waals surface area contributed by atoms with Gasteiger partial charge < -0.3 is 0 Å². The molecule has 1 nitrogen and oxygen atoms in total. The third-order valence-corrected chi connectivity index (χ3v) is 0.566. The Labute approximate surface area is 79.0 Å². The summed E-state index contributed by atoms with van der Waals surface area (Å²) in [5.41, 5.74) is 0. The fourth-order valence-electron chi connectivity index (χ4n) is 0.313. The van der Waals surface area contributed by atoms with E-state index in [9.17, 15) is 0 Å². The van der Waals surface area contributed by atoms with Gasteiger partial charge in [-0.1, -0.05) is 6.07 Å². The van der Waals surface area contributed by atoms with Gasteiger partial charge in [0.05, 0.1) is 0 Å². The van der Waals surface area contributed by atoms with E-state index in [2.05, 4.69) is 4.98 Å². The fraction of sp³-hybridized carbons (Fsp3) is 0.286. The molecule has 0 aliphatic heterocycles. The van der Waals surface area contributed by atoms with Gasteiger partial charge in [0.15, 0.2) is 0 Å². The predicted molar refractivity (Wildman–Crippen MR) is 53.4 cm³/mol. The van der Waals surface area contributed by atoms with Gasteiger partial charge in [-0.2, -0.15) is 0 Å². The molecule has 11 heavy (non-hydrogen) atoms. The van der Waals surface area contributed by atoms with Crippen LogP contribution in [0.5, 0.6) is 0 Å². The second-order valence-corrected chi connectivity index (χ2v) is 23.9. The van der Waals surface area contributed by atoms with Crippen LogP contribution in [0.4, 0.5) is 0 Å². The molecule has 0 bridgehead atoms. The summed E-state index contributed by atoms with van der Waals surface area (Å²) >= 11 is -2.24. The first-order valence-corrected chi connectivity index (χ1v) is 16.2. The van der Waals surface area contributed by atoms with Crippen LogP contribution in [0.3, 0.4) is 0 Å². The van der Waals surface area contributed by atoms with Gasteiger partial charge in [0.2, 0.25) is 0 Å². The quantitative estimate of drug-likeness (QED) is 0.670. The molecule has 0 atom stereocenters. The normalized spacial score (nSPS) is 9.82. The number of pyridine rings is 1. The van der Waals surface area contributed by atoms with Crippen molar-refractivity contribution < 1.29 is 0 Å². The van der Waals surface area contributed by atoms with Crippen LogP contribution in [-0.4, -0.2) is 21.1 Å². The van der Waals surface area contributed by atoms with Crippen molar-refractivity contribution in [3.05, 3.63) is 30.6 Å². The van der Waals surface area contributed by atoms with E-state index in [1.165, 1.54) is 0 Å². The molecule has 1 aromatic heterocycles. The summed E-state index contributed by atoms with van der Waals surface area (Å²) in [7, 11) is 11.0. The maximum Gasteiger partial charge on any atom is 0.0267 e. The molecule has 1 rings (SSSR count). The summed E-state index contributed by atoms with van der Waals surface area (Å²) in [4.78, 5) is 7.64. The molecule has 0 radical (unpaired) electrons. The number of hydrogen-bond donors (Lipinski definition) is 0. The first-order chi connectivity index (χ1) is 5.00. The summed E-state index contributed by atoms with van der Waals surface area (Å²) < 4.78 is 0. The molecule has 4 heteroatoms. The molecule has 0 N–H and O–H groups in total. The van der Waals surface area contributed by atoms with Crippen molar-refractivity contribution >= 4 is 34.0 Å². The van der Waals surface area contributed by atoms with Gasteiger partial charge in [-0.3, -0.25) is 4.98 Å². The Bertz CT molecular complexity index is 141. The summed E-state index contributed by atoms with van der Waals surface area (Å²) in [6.45, 7) is 0. The van der Waals surface area contributed by atoms with E-state index in [-0.39, 0.29) is 0 Å². The fourth-order valence-corrected chi connectivity index (χ4v) is 0.313. The van der Waals surface area contributed by atoms with Crippen LogP contribution in [0.25, 0.3) is 0 Å². The first kappa shape index (κ1) is 11.5. The third-order valence-electron chi connectivity index (χ3n) is 0.566. The molecule has 0 amide bonds. The summed E-state index contributed by atoms with van der Waals surface area (Å²) in [5, 5.41) is 0. The van der Waals surface area contributed by atoms with E-state index in [1.54, 1.807) is 12.4 Å². The van der Waals surface area contributed by atoms with Crippen LogP contribution < -0.4 is 0 Å². The van der Waals surface area contributed by atoms with E-state index >= 15 is 0 Å². The molecule has 0 saturated heterocycles. The SMILES string of the molecule is [CH3][Sn]([CH3])([Cl])[Cl].c1ccncc1. The van der Waals surface area contributed by atoms with E-state index in [1.807, 2.05) is 28.1 Å². The molecule has 1 aromatic rings. The molecular formula is C7H11Cl2NSn. The zero-order valence-electron chi connectivity index (χ0n) is 6.59. The van der Waals surface area contributed by atoms with Gasteiger partial charge in [-0.15, -0.1) is 0 Å². The molecule has 0 fully saturated rings. The first-order valence-electron chi connectivity index (χ1n) is 3.23. The van der Waals surface area contributed by atoms with E-state index in [0.29, 0.717) is 0 Å². The van der Waals surface area contributed by atoms with Crippen LogP contribution in [0.15, 0.2) is 30.6 Å². The van der Waals surface area contributed by atoms with E-state index in [4.69, 9.17) is 17.8 Å². The number of rotatable bonds is 0. The van der Waals surface area contributed by atoms with Gasteiger partial charge in [-0.25, -0.2) is 0 Å². The Morgan fingerprint density at radius 2 is 1.36 bits per heavy atom. The monoisotopic (exact) mass is 299 g/mol. The maximum absolute atomic E-state index is 5.51. The number of aromatic nitrogens is 1. The molecular weight excluding hydrogens is 288 g/mol. The summed E-state index contributed by atoms with van der Waals surface area (Å²) in [6.07, 6.45) is 3.50. The molecule has 0 unspecified atom stereocenters. The summed E-state index contributed by atoms with van der Waals surface area (Å²) in [5.74, 6) is 0. The molecule has 0 spiro atoms. The van der Waals surface area contributed by atoms with Crippen molar-refractivity contribution in [3.63, 3.8) is 0 Å². The Morgan fingerprint density at radius 1 is 1.00 bits per heavy atom. The van der Waals surface area contributed by atoms with Crippen molar-refractivity contribution in [1.29, 1.82) is 0 Å². The average Bonchev–Trinajstić information content (AvgIpc) is 1.88. The van der Waals surface area contributed by atoms with Crippen LogP contribution >= 0.6 is 17.8 Å². The van der Waals surface area contributed by atoms with Gasteiger partial charge in [0.1, 0.15) is 0 Å². The second kappa shape index (κ2) is 6.09. The topological polar surface area (TPSA) is 12.9 Å². The van der Waals surface area contributed by atoms with Gasteiger partial charge in [0, 0.05) is 12.4 Å². The van der Waals surface area contributed by atoms with Gasteiger partial charge in [0.25, 0.3) is 0 Å². The predicted octanol–water partition coefficient (Wildman–Crippen LogP) is 3.25. The zero-order valence-corrected chi connectivity index (χ0v) is 11.0. The van der Waals surface area contributed by atoms with Crippen molar-refractivity contribution in [2.75, 3.05) is 0 Å². The Morgan fingerprint density at radius 3 is 1.45 bits per heavy atom. The number of hydrogen-bond acceptors (Lipinski definition) is 1. The van der Waals surface area contributed by atoms with Crippen LogP contribution in [0, 0.1) is 0 Å². The van der Waals surface area contributed by atoms with Crippen LogP contribution in [-0.2, 0) is 0 Å². The Hall–Kier alpha value is 0.529. The average molecular weight is 299 g/mol. The van der Waals surface area contributed by atoms with Crippen molar-refractivity contribution in [2.24, 2.45) is 0 Å². The maximum atomic E-state index is 5.51. The molecule has 0 aliphatic carbocycles. The Kier molecular flexibility index (Phi) is 6.38. The van der Waals surface area contributed by atoms with Crippen molar-refractivity contribution in [2.45, 2.75) is 9.88 Å². The molecule has 0 aliphatic rings. The van der Waals surface area contributed by atoms with Crippen LogP contribution in [0.2, 0.25) is 9.88 Å². The minimum absolute atomic E-state index is 1.75. The largest absolute Gasteiger partial charge is 0.265 e. The van der Waals surface area contributed by atoms with Crippen molar-refractivity contribution in [3.8, 4) is 0 Å². The molecule has 0 aromatic carbocycles. The molecule has 1 heterocycles. The third kappa shape index (κ3) is 18.0. The van der Waals surface area contributed by atoms with Crippen molar-refractivity contribution in [1.82, 2.24) is 4.98 Å². The minimum atomic E-state index is -2.24. The molecule has 0 saturated carbocycles. The van der Waals surface area contributed by atoms with Gasteiger partial charge >= 0.3 is 43.8 Å². The second-order valence-electron chi connectivity index (χ2n) is 2.35. The number of nitrogens with zero attached hydrogens (tertiary/aromatic N) is 1. The van der Waals surface area contributed by atoms with Gasteiger partial charge in [-0.05, 0) is 12.1 Å². The van der Waals surface area contributed by atoms with E-state index < -0.39 is 16.1 Å². The summed E-state index contributed by atoms with van der Waals surface area (Å²) in [6, 6.07) is 5.72. The minimum Gasteiger partial charge on any atom is -0.265 e. The number of halogens is 2. The standard InChI is InChI=1S/C5H5N.2CH3.2ClH.Sn/c1-2-4-6-5-3-1;;;;;/h1-5H;2*1H3;2*1H;/q;;;;;+2/p-2. The Balaban J connectivity index is 0.000000187. The van der Waals surface area contributed by atoms with Crippen LogP contribution in [0.1, 0.15) is 0 Å². The smallest absolute Gasteiger partial charge is 0.0267 e. The van der Waals surface area contributed by atoms with E-state index in [0.717, 1.165) is 0 Å².